The highest BCUT2D eigenvalue weighted by Gasteiger charge is 2.22. The zero-order chi connectivity index (χ0) is 9.26. The summed E-state index contributed by atoms with van der Waals surface area (Å²) < 4.78 is 5.48. The molecule has 0 aromatic heterocycles. The summed E-state index contributed by atoms with van der Waals surface area (Å²) in [4.78, 5) is 0. The summed E-state index contributed by atoms with van der Waals surface area (Å²) in [5.74, 6) is 1.56. The van der Waals surface area contributed by atoms with Gasteiger partial charge in [0.25, 0.3) is 0 Å². The lowest BCUT2D eigenvalue weighted by Gasteiger charge is -2.07. The minimum absolute atomic E-state index is 0.177. The average Bonchev–Trinajstić information content (AvgIpc) is 2.86. The monoisotopic (exact) mass is 179 g/mol. The number of nitrogen functional groups attached to an aromatic ring is 1. The van der Waals surface area contributed by atoms with Crippen LogP contribution in [0.2, 0.25) is 0 Å². The summed E-state index contributed by atoms with van der Waals surface area (Å²) in [5, 5.41) is 9.09. The fourth-order valence-corrected chi connectivity index (χ4v) is 1.16. The molecule has 0 bridgehead atoms. The van der Waals surface area contributed by atoms with Crippen LogP contribution in [0, 0.1) is 5.92 Å². The lowest BCUT2D eigenvalue weighted by Crippen LogP contribution is -2.01. The number of rotatable bonds is 3. The zero-order valence-electron chi connectivity index (χ0n) is 7.36. The summed E-state index contributed by atoms with van der Waals surface area (Å²) in [7, 11) is 0. The van der Waals surface area contributed by atoms with Gasteiger partial charge in [-0.05, 0) is 30.9 Å². The number of phenols is 1. The fraction of sp³-hybridized carbons (Fsp3) is 0.400. The number of aromatic hydroxyl groups is 1. The van der Waals surface area contributed by atoms with Crippen LogP contribution in [0.3, 0.4) is 0 Å². The van der Waals surface area contributed by atoms with E-state index in [0.29, 0.717) is 17.4 Å². The summed E-state index contributed by atoms with van der Waals surface area (Å²) in [6.45, 7) is 0.745. The van der Waals surface area contributed by atoms with E-state index in [9.17, 15) is 0 Å². The maximum atomic E-state index is 9.09. The van der Waals surface area contributed by atoms with Crippen molar-refractivity contribution in [3.05, 3.63) is 18.2 Å². The Labute approximate surface area is 77.1 Å². The first-order valence-electron chi connectivity index (χ1n) is 4.47. The molecule has 1 aliphatic carbocycles. The van der Waals surface area contributed by atoms with Crippen molar-refractivity contribution in [1.29, 1.82) is 0 Å². The van der Waals surface area contributed by atoms with Gasteiger partial charge in [-0.2, -0.15) is 0 Å². The third-order valence-electron chi connectivity index (χ3n) is 2.16. The van der Waals surface area contributed by atoms with Crippen LogP contribution in [0.4, 0.5) is 5.69 Å². The van der Waals surface area contributed by atoms with Crippen molar-refractivity contribution in [2.45, 2.75) is 12.8 Å². The van der Waals surface area contributed by atoms with Crippen LogP contribution >= 0.6 is 0 Å². The third-order valence-corrected chi connectivity index (χ3v) is 2.16. The summed E-state index contributed by atoms with van der Waals surface area (Å²) in [5.41, 5.74) is 6.14. The molecule has 13 heavy (non-hydrogen) atoms. The van der Waals surface area contributed by atoms with E-state index < -0.39 is 0 Å². The van der Waals surface area contributed by atoms with Gasteiger partial charge in [-0.15, -0.1) is 0 Å². The molecule has 1 aromatic rings. The fourth-order valence-electron chi connectivity index (χ4n) is 1.16. The van der Waals surface area contributed by atoms with Gasteiger partial charge in [-0.1, -0.05) is 0 Å². The lowest BCUT2D eigenvalue weighted by molar-refractivity contribution is 0.301. The quantitative estimate of drug-likeness (QED) is 0.695. The molecule has 1 aliphatic rings. The van der Waals surface area contributed by atoms with Crippen molar-refractivity contribution in [1.82, 2.24) is 0 Å². The number of anilines is 1. The number of phenolic OH excluding ortho intramolecular Hbond substituents is 1. The highest BCUT2D eigenvalue weighted by molar-refractivity contribution is 5.55. The van der Waals surface area contributed by atoms with Gasteiger partial charge >= 0.3 is 0 Å². The highest BCUT2D eigenvalue weighted by Crippen LogP contribution is 2.31. The molecule has 3 heteroatoms. The first-order valence-corrected chi connectivity index (χ1v) is 4.47. The molecule has 0 unspecified atom stereocenters. The van der Waals surface area contributed by atoms with Crippen molar-refractivity contribution in [2.24, 2.45) is 5.92 Å². The molecule has 1 saturated carbocycles. The molecular formula is C10H13NO2. The molecule has 0 saturated heterocycles. The molecule has 0 amide bonds. The van der Waals surface area contributed by atoms with Gasteiger partial charge in [0.2, 0.25) is 0 Å². The Hall–Kier alpha value is -1.38. The molecule has 1 aromatic carbocycles. The molecule has 0 radical (unpaired) electrons. The van der Waals surface area contributed by atoms with E-state index in [2.05, 4.69) is 0 Å². The van der Waals surface area contributed by atoms with E-state index >= 15 is 0 Å². The van der Waals surface area contributed by atoms with Crippen molar-refractivity contribution in [2.75, 3.05) is 12.3 Å². The lowest BCUT2D eigenvalue weighted by atomic mass is 10.3. The normalized spacial score (nSPS) is 15.7. The number of hydrogen-bond acceptors (Lipinski definition) is 3. The predicted molar refractivity (Wildman–Crippen MR) is 50.7 cm³/mol. The number of hydrogen-bond donors (Lipinski definition) is 2. The second-order valence-corrected chi connectivity index (χ2v) is 3.48. The predicted octanol–water partition coefficient (Wildman–Crippen LogP) is 1.76. The smallest absolute Gasteiger partial charge is 0.142 e. The standard InChI is InChI=1S/C10H13NO2/c11-9-5-8(12)3-4-10(9)13-6-7-1-2-7/h3-5,7,12H,1-2,6,11H2. The Balaban J connectivity index is 2.01. The van der Waals surface area contributed by atoms with E-state index in [1.54, 1.807) is 12.1 Å². The Bertz CT molecular complexity index is 308. The topological polar surface area (TPSA) is 55.5 Å². The van der Waals surface area contributed by atoms with Crippen LogP contribution in [0.1, 0.15) is 12.8 Å². The van der Waals surface area contributed by atoms with Gasteiger partial charge in [0.05, 0.1) is 12.3 Å². The van der Waals surface area contributed by atoms with Gasteiger partial charge in [0.15, 0.2) is 0 Å². The van der Waals surface area contributed by atoms with Gasteiger partial charge in [-0.3, -0.25) is 0 Å². The molecule has 0 aliphatic heterocycles. The first-order chi connectivity index (χ1) is 6.25. The number of ether oxygens (including phenoxy) is 1. The number of nitrogens with two attached hydrogens (primary N) is 1. The molecule has 0 heterocycles. The van der Waals surface area contributed by atoms with Crippen molar-refractivity contribution >= 4 is 5.69 Å². The van der Waals surface area contributed by atoms with Crippen molar-refractivity contribution in [3.8, 4) is 11.5 Å². The third kappa shape index (κ3) is 2.05. The second kappa shape index (κ2) is 3.17. The Morgan fingerprint density at radius 2 is 2.23 bits per heavy atom. The molecule has 3 nitrogen and oxygen atoms in total. The SMILES string of the molecule is Nc1cc(O)ccc1OCC1CC1. The van der Waals surface area contributed by atoms with Crippen LogP contribution in [0.25, 0.3) is 0 Å². The highest BCUT2D eigenvalue weighted by atomic mass is 16.5. The van der Waals surface area contributed by atoms with E-state index in [0.717, 1.165) is 6.61 Å². The van der Waals surface area contributed by atoms with Crippen molar-refractivity contribution in [3.63, 3.8) is 0 Å². The van der Waals surface area contributed by atoms with E-state index in [-0.39, 0.29) is 5.75 Å². The van der Waals surface area contributed by atoms with Crippen LogP contribution in [0.5, 0.6) is 11.5 Å². The summed E-state index contributed by atoms with van der Waals surface area (Å²) >= 11 is 0. The second-order valence-electron chi connectivity index (χ2n) is 3.48. The van der Waals surface area contributed by atoms with Crippen LogP contribution in [0.15, 0.2) is 18.2 Å². The van der Waals surface area contributed by atoms with Crippen LogP contribution in [-0.2, 0) is 0 Å². The van der Waals surface area contributed by atoms with E-state index in [1.165, 1.54) is 18.9 Å². The van der Waals surface area contributed by atoms with Gasteiger partial charge in [0, 0.05) is 6.07 Å². The number of benzene rings is 1. The maximum Gasteiger partial charge on any atom is 0.142 e. The average molecular weight is 179 g/mol. The van der Waals surface area contributed by atoms with Gasteiger partial charge < -0.3 is 15.6 Å². The van der Waals surface area contributed by atoms with Gasteiger partial charge in [-0.25, -0.2) is 0 Å². The molecule has 3 N–H and O–H groups in total. The van der Waals surface area contributed by atoms with Crippen molar-refractivity contribution < 1.29 is 9.84 Å². The Morgan fingerprint density at radius 3 is 2.85 bits per heavy atom. The van der Waals surface area contributed by atoms with E-state index in [4.69, 9.17) is 15.6 Å². The molecule has 70 valence electrons. The minimum atomic E-state index is 0.177. The molecule has 0 spiro atoms. The summed E-state index contributed by atoms with van der Waals surface area (Å²) in [6, 6.07) is 4.79. The Kier molecular flexibility index (Phi) is 2.00. The first kappa shape index (κ1) is 8.23. The largest absolute Gasteiger partial charge is 0.508 e. The van der Waals surface area contributed by atoms with E-state index in [1.807, 2.05) is 0 Å². The molecular weight excluding hydrogens is 166 g/mol. The Morgan fingerprint density at radius 1 is 1.46 bits per heavy atom. The molecule has 1 fully saturated rings. The van der Waals surface area contributed by atoms with Crippen LogP contribution in [-0.4, -0.2) is 11.7 Å². The molecule has 0 atom stereocenters. The summed E-state index contributed by atoms with van der Waals surface area (Å²) in [6.07, 6.45) is 2.52. The zero-order valence-corrected chi connectivity index (χ0v) is 7.36. The minimum Gasteiger partial charge on any atom is -0.508 e. The van der Waals surface area contributed by atoms with Crippen LogP contribution < -0.4 is 10.5 Å². The molecule has 2 rings (SSSR count). The van der Waals surface area contributed by atoms with Gasteiger partial charge in [0.1, 0.15) is 11.5 Å². The maximum absolute atomic E-state index is 9.09.